The Kier molecular flexibility index (Phi) is 15.9. The first kappa shape index (κ1) is 56.2. The van der Waals surface area contributed by atoms with Gasteiger partial charge in [-0.2, -0.15) is 4.39 Å². The first-order valence-corrected chi connectivity index (χ1v) is 30.0. The Bertz CT molecular complexity index is 3430. The second kappa shape index (κ2) is 22.9. The van der Waals surface area contributed by atoms with Crippen LogP contribution in [0.15, 0.2) is 121 Å². The third-order valence-corrected chi connectivity index (χ3v) is 19.2. The molecule has 1 spiro atoms. The summed E-state index contributed by atoms with van der Waals surface area (Å²) in [6.07, 6.45) is 9.93. The third-order valence-electron chi connectivity index (χ3n) is 17.8. The number of nitrogens with one attached hydrogen (secondary N) is 4. The maximum Gasteiger partial charge on any atom is 0.268 e. The summed E-state index contributed by atoms with van der Waals surface area (Å²) in [5, 5.41) is 26.7. The van der Waals surface area contributed by atoms with Crippen LogP contribution in [0.1, 0.15) is 122 Å². The predicted octanol–water partition coefficient (Wildman–Crippen LogP) is 10.6. The van der Waals surface area contributed by atoms with Crippen LogP contribution in [0.5, 0.6) is 17.2 Å². The van der Waals surface area contributed by atoms with Gasteiger partial charge in [-0.05, 0) is 153 Å². The fraction of sp³-hybridized carbons (Fsp3) is 0.429. The summed E-state index contributed by atoms with van der Waals surface area (Å²) < 4.78 is 71.7. The summed E-state index contributed by atoms with van der Waals surface area (Å²) in [6, 6.07) is 28.7. The highest BCUT2D eigenvalue weighted by Crippen LogP contribution is 2.54. The van der Waals surface area contributed by atoms with Gasteiger partial charge >= 0.3 is 0 Å². The molecular formula is C63H74F2N8O7S. The lowest BCUT2D eigenvalue weighted by molar-refractivity contribution is -0.750. The van der Waals surface area contributed by atoms with Crippen LogP contribution in [0.4, 0.5) is 25.8 Å². The molecule has 2 aliphatic heterocycles. The van der Waals surface area contributed by atoms with Crippen LogP contribution in [0, 0.1) is 16.5 Å². The number of H-pyrrole nitrogens is 1. The van der Waals surface area contributed by atoms with Gasteiger partial charge in [-0.25, -0.2) is 22.5 Å². The summed E-state index contributed by atoms with van der Waals surface area (Å²) in [7, 11) is -3.31. The second-order valence-corrected chi connectivity index (χ2v) is 25.4. The number of benzene rings is 5. The molecule has 2 unspecified atom stereocenters. The van der Waals surface area contributed by atoms with Crippen LogP contribution < -0.4 is 29.5 Å². The van der Waals surface area contributed by atoms with E-state index in [0.717, 1.165) is 101 Å². The van der Waals surface area contributed by atoms with Crippen LogP contribution in [0.3, 0.4) is 0 Å². The van der Waals surface area contributed by atoms with Gasteiger partial charge in [0.25, 0.3) is 22.3 Å². The Morgan fingerprint density at radius 2 is 1.73 bits per heavy atom. The molecule has 5 N–H and O–H groups in total. The number of piperazine rings is 1. The SMILES string of the molecule is C=CC(F)Oc1ccc(CN2CCN(C3CC4(CCN(c5ccc(C(=O)NS(=O)(=O)c6cc([NH+](C)[O-])c(NC[C@H]7CC[C@](C)(O)CC7)c7[nH]cnc67)c(Oc6ccc7c(c6)C(F)=CC7)c5)CC4)C3)[C@H](c3ccccc3C(C)C)C2)cc1. The Morgan fingerprint density at radius 1 is 0.988 bits per heavy atom. The minimum absolute atomic E-state index is 0.0547. The Labute approximate surface area is 473 Å². The van der Waals surface area contributed by atoms with Crippen molar-refractivity contribution in [3.05, 3.63) is 155 Å². The number of imidazole rings is 1. The maximum atomic E-state index is 15.0. The van der Waals surface area contributed by atoms with Crippen molar-refractivity contribution in [3.63, 3.8) is 0 Å². The summed E-state index contributed by atoms with van der Waals surface area (Å²) in [4.78, 5) is 29.1. The molecule has 428 valence electrons. The van der Waals surface area contributed by atoms with E-state index >= 15 is 0 Å². The van der Waals surface area contributed by atoms with E-state index in [2.05, 4.69) is 79.4 Å². The number of alkyl halides is 1. The van der Waals surface area contributed by atoms with Crippen molar-refractivity contribution in [2.75, 3.05) is 56.5 Å². The smallest absolute Gasteiger partial charge is 0.268 e. The number of aliphatic hydroxyl groups is 1. The normalized spacial score (nSPS) is 22.2. The standard InChI is InChI=1S/C63H74F2N8O7S/c1-6-57(65)80-46-16-11-42(12-17-46)37-71-29-30-73(54(38-71)49-10-8-7-9-48(49)40(2)3)45-34-63(35-45)25-27-72(28-26-63)44-15-19-50(55(31-44)79-47-18-13-43-14-20-52(64)51(43)32-47)61(74)69-81(77,78)56-33-53(70(5)76)58(60-59(56)67-39-68-60)66-36-41-21-23-62(4,75)24-22-41/h6-13,15-20,31-33,39-41,45,54,57,66,70,75H,1,14,21-30,34-38H2,2-5H3,(H,67,68)(H,69,74)/t41-,54-,57?,62-/m0/s1. The number of sulfonamides is 1. The van der Waals surface area contributed by atoms with Crippen molar-refractivity contribution < 1.29 is 41.6 Å². The number of fused-ring (bicyclic) bond motifs is 2. The number of hydrogen-bond donors (Lipinski definition) is 5. The molecule has 3 aliphatic carbocycles. The Hall–Kier alpha value is -6.67. The van der Waals surface area contributed by atoms with Gasteiger partial charge in [-0.1, -0.05) is 62.9 Å². The highest BCUT2D eigenvalue weighted by molar-refractivity contribution is 7.90. The maximum absolute atomic E-state index is 15.0. The topological polar surface area (TPSA) is 180 Å². The lowest BCUT2D eigenvalue weighted by Gasteiger charge is -2.58. The van der Waals surface area contributed by atoms with Crippen molar-refractivity contribution in [1.29, 1.82) is 0 Å². The minimum Gasteiger partial charge on any atom is -0.629 e. The van der Waals surface area contributed by atoms with E-state index in [1.807, 2.05) is 37.3 Å². The average molecular weight is 1130 g/mol. The van der Waals surface area contributed by atoms with E-state index in [1.165, 1.54) is 36.6 Å². The van der Waals surface area contributed by atoms with Gasteiger partial charge in [0.15, 0.2) is 5.69 Å². The van der Waals surface area contributed by atoms with E-state index in [4.69, 9.17) is 9.47 Å². The Balaban J connectivity index is 0.798. The quantitative estimate of drug-likeness (QED) is 0.0407. The monoisotopic (exact) mass is 1120 g/mol. The molecule has 6 aromatic rings. The first-order valence-electron chi connectivity index (χ1n) is 28.5. The zero-order valence-electron chi connectivity index (χ0n) is 46.6. The van der Waals surface area contributed by atoms with E-state index < -0.39 is 27.9 Å². The molecule has 5 aromatic carbocycles. The molecule has 2 saturated carbocycles. The van der Waals surface area contributed by atoms with Crippen LogP contribution >= 0.6 is 0 Å². The van der Waals surface area contributed by atoms with Gasteiger partial charge in [-0.3, -0.25) is 14.6 Å². The van der Waals surface area contributed by atoms with Gasteiger partial charge in [0.05, 0.1) is 30.1 Å². The summed E-state index contributed by atoms with van der Waals surface area (Å²) >= 11 is 0. The number of hydrogen-bond acceptors (Lipinski definition) is 12. The fourth-order valence-electron chi connectivity index (χ4n) is 13.1. The number of allylic oxidation sites excluding steroid dienone is 1. The molecule has 0 bridgehead atoms. The zero-order chi connectivity index (χ0) is 56.8. The van der Waals surface area contributed by atoms with Gasteiger partial charge in [0.1, 0.15) is 39.2 Å². The van der Waals surface area contributed by atoms with Gasteiger partial charge in [-0.15, -0.1) is 0 Å². The summed E-state index contributed by atoms with van der Waals surface area (Å²) in [5.74, 6) is 0.138. The first-order chi connectivity index (χ1) is 38.8. The molecule has 5 aliphatic rings. The number of ether oxygens (including phenoxy) is 2. The second-order valence-electron chi connectivity index (χ2n) is 23.8. The van der Waals surface area contributed by atoms with E-state index in [9.17, 15) is 32.3 Å². The van der Waals surface area contributed by atoms with Crippen molar-refractivity contribution >= 4 is 49.9 Å². The lowest BCUT2D eigenvalue weighted by Crippen LogP contribution is -2.98. The van der Waals surface area contributed by atoms with Crippen LogP contribution in [-0.2, 0) is 23.0 Å². The van der Waals surface area contributed by atoms with Crippen molar-refractivity contribution in [2.45, 2.75) is 120 Å². The lowest BCUT2D eigenvalue weighted by atomic mass is 9.59. The molecule has 2 saturated heterocycles. The molecule has 4 fully saturated rings. The number of rotatable bonds is 18. The predicted molar refractivity (Wildman–Crippen MR) is 312 cm³/mol. The van der Waals surface area contributed by atoms with Crippen LogP contribution in [0.25, 0.3) is 16.9 Å². The number of quaternary nitrogens is 1. The molecule has 18 heteroatoms. The number of anilines is 2. The van der Waals surface area contributed by atoms with Gasteiger partial charge in [0, 0.05) is 81.3 Å². The fourth-order valence-corrected chi connectivity index (χ4v) is 14.3. The average Bonchev–Trinajstić information content (AvgIpc) is 4.09. The number of nitrogens with zero attached hydrogens (tertiary/aromatic N) is 4. The van der Waals surface area contributed by atoms with Crippen molar-refractivity contribution in [3.8, 4) is 17.2 Å². The molecule has 81 heavy (non-hydrogen) atoms. The summed E-state index contributed by atoms with van der Waals surface area (Å²) in [6.45, 7) is 15.4. The van der Waals surface area contributed by atoms with Crippen molar-refractivity contribution in [1.82, 2.24) is 24.5 Å². The number of hydroxylamine groups is 1. The third kappa shape index (κ3) is 12.0. The minimum atomic E-state index is -4.66. The molecular weight excluding hydrogens is 1050 g/mol. The molecule has 1 aromatic heterocycles. The number of carbonyl (C=O) groups excluding carboxylic acids is 1. The number of amides is 1. The Morgan fingerprint density at radius 3 is 2.46 bits per heavy atom. The van der Waals surface area contributed by atoms with Crippen molar-refractivity contribution in [2.24, 2.45) is 11.3 Å². The molecule has 3 atom stereocenters. The molecule has 11 rings (SSSR count). The number of aromatic amines is 1. The molecule has 3 heterocycles. The number of carbonyl (C=O) groups is 1. The number of halogens is 2. The van der Waals surface area contributed by atoms with Crippen LogP contribution in [-0.4, -0.2) is 104 Å². The van der Waals surface area contributed by atoms with Gasteiger partial charge < -0.3 is 40.1 Å². The highest BCUT2D eigenvalue weighted by Gasteiger charge is 2.50. The zero-order valence-corrected chi connectivity index (χ0v) is 47.5. The van der Waals surface area contributed by atoms with E-state index in [0.29, 0.717) is 60.3 Å². The molecule has 0 radical (unpaired) electrons. The van der Waals surface area contributed by atoms with E-state index in [1.54, 1.807) is 30.3 Å². The van der Waals surface area contributed by atoms with E-state index in [-0.39, 0.29) is 61.4 Å². The summed E-state index contributed by atoms with van der Waals surface area (Å²) in [5.41, 5.74) is 6.24. The largest absolute Gasteiger partial charge is 0.629 e. The highest BCUT2D eigenvalue weighted by atomic mass is 32.2. The number of piperidine rings is 1. The number of aromatic nitrogens is 2. The van der Waals surface area contributed by atoms with Crippen LogP contribution in [0.2, 0.25) is 0 Å². The van der Waals surface area contributed by atoms with Gasteiger partial charge in [0.2, 0.25) is 0 Å². The molecule has 1 amide bonds. The molecule has 15 nitrogen and oxygen atoms in total.